The van der Waals surface area contributed by atoms with Crippen LogP contribution in [-0.2, 0) is 4.79 Å². The van der Waals surface area contributed by atoms with Gasteiger partial charge >= 0.3 is 0 Å². The first-order chi connectivity index (χ1) is 7.00. The molecule has 1 atom stereocenters. The first kappa shape index (κ1) is 11.3. The minimum absolute atomic E-state index is 0.0498. The molecule has 0 saturated carbocycles. The van der Waals surface area contributed by atoms with E-state index in [4.69, 9.17) is 11.5 Å². The van der Waals surface area contributed by atoms with Crippen LogP contribution < -0.4 is 16.8 Å². The average molecular weight is 211 g/mol. The molecular formula is C10H14FN3O. The molecule has 0 aliphatic heterocycles. The van der Waals surface area contributed by atoms with E-state index in [9.17, 15) is 9.18 Å². The number of hydrogen-bond acceptors (Lipinski definition) is 3. The second-order valence-electron chi connectivity index (χ2n) is 3.42. The van der Waals surface area contributed by atoms with Gasteiger partial charge in [0.2, 0.25) is 5.91 Å². The normalized spacial score (nSPS) is 12.1. The summed E-state index contributed by atoms with van der Waals surface area (Å²) in [5, 5.41) is 2.92. The molecule has 5 N–H and O–H groups in total. The molecule has 0 spiro atoms. The summed E-state index contributed by atoms with van der Waals surface area (Å²) in [4.78, 5) is 10.6. The zero-order chi connectivity index (χ0) is 11.4. The second kappa shape index (κ2) is 4.63. The number of nitrogen functional groups attached to an aromatic ring is 1. The lowest BCUT2D eigenvalue weighted by Crippen LogP contribution is -2.24. The van der Waals surface area contributed by atoms with Crippen molar-refractivity contribution in [2.45, 2.75) is 19.4 Å². The Bertz CT molecular complexity index is 368. The molecule has 0 radical (unpaired) electrons. The standard InChI is InChI=1S/C10H14FN3O/c1-6(5-9(12)15)14-8-4-2-3-7(11)10(8)13/h2-4,6,14H,5,13H2,1H3,(H2,12,15). The van der Waals surface area contributed by atoms with Gasteiger partial charge in [-0.15, -0.1) is 0 Å². The highest BCUT2D eigenvalue weighted by atomic mass is 19.1. The summed E-state index contributed by atoms with van der Waals surface area (Å²) in [6.45, 7) is 1.77. The number of hydrogen-bond donors (Lipinski definition) is 3. The number of anilines is 2. The van der Waals surface area contributed by atoms with E-state index in [0.29, 0.717) is 5.69 Å². The molecule has 5 heteroatoms. The van der Waals surface area contributed by atoms with Crippen molar-refractivity contribution in [3.63, 3.8) is 0 Å². The molecule has 0 aromatic heterocycles. The van der Waals surface area contributed by atoms with Gasteiger partial charge in [0.05, 0.1) is 11.4 Å². The highest BCUT2D eigenvalue weighted by Gasteiger charge is 2.09. The molecule has 1 amide bonds. The maximum Gasteiger partial charge on any atom is 0.219 e. The smallest absolute Gasteiger partial charge is 0.219 e. The van der Waals surface area contributed by atoms with Gasteiger partial charge in [-0.1, -0.05) is 6.07 Å². The summed E-state index contributed by atoms with van der Waals surface area (Å²) in [7, 11) is 0. The molecule has 0 heterocycles. The molecule has 15 heavy (non-hydrogen) atoms. The van der Waals surface area contributed by atoms with E-state index in [1.807, 2.05) is 0 Å². The zero-order valence-electron chi connectivity index (χ0n) is 8.46. The van der Waals surface area contributed by atoms with Crippen LogP contribution >= 0.6 is 0 Å². The average Bonchev–Trinajstić information content (AvgIpc) is 2.11. The minimum atomic E-state index is -0.480. The first-order valence-electron chi connectivity index (χ1n) is 4.59. The summed E-state index contributed by atoms with van der Waals surface area (Å²) in [6, 6.07) is 4.30. The number of nitrogens with one attached hydrogen (secondary N) is 1. The molecular weight excluding hydrogens is 197 g/mol. The van der Waals surface area contributed by atoms with Gasteiger partial charge in [0, 0.05) is 12.5 Å². The third-order valence-corrected chi connectivity index (χ3v) is 1.96. The fourth-order valence-corrected chi connectivity index (χ4v) is 1.28. The lowest BCUT2D eigenvalue weighted by Gasteiger charge is -2.15. The molecule has 1 rings (SSSR count). The number of carbonyl (C=O) groups is 1. The third kappa shape index (κ3) is 3.12. The van der Waals surface area contributed by atoms with Crippen LogP contribution in [0.5, 0.6) is 0 Å². The van der Waals surface area contributed by atoms with Crippen molar-refractivity contribution >= 4 is 17.3 Å². The number of carbonyl (C=O) groups excluding carboxylic acids is 1. The Kier molecular flexibility index (Phi) is 3.49. The number of rotatable bonds is 4. The quantitative estimate of drug-likeness (QED) is 0.652. The van der Waals surface area contributed by atoms with Crippen molar-refractivity contribution in [2.24, 2.45) is 5.73 Å². The maximum absolute atomic E-state index is 13.0. The summed E-state index contributed by atoms with van der Waals surface area (Å²) in [6.07, 6.45) is 0.177. The monoisotopic (exact) mass is 211 g/mol. The van der Waals surface area contributed by atoms with Crippen LogP contribution in [0.3, 0.4) is 0 Å². The predicted octanol–water partition coefficient (Wildman–Crippen LogP) is 1.08. The van der Waals surface area contributed by atoms with E-state index in [0.717, 1.165) is 0 Å². The third-order valence-electron chi connectivity index (χ3n) is 1.96. The van der Waals surface area contributed by atoms with Crippen molar-refractivity contribution in [1.29, 1.82) is 0 Å². The van der Waals surface area contributed by atoms with Crippen LogP contribution in [0.1, 0.15) is 13.3 Å². The first-order valence-corrected chi connectivity index (χ1v) is 4.59. The topological polar surface area (TPSA) is 81.1 Å². The Morgan fingerprint density at radius 3 is 2.87 bits per heavy atom. The maximum atomic E-state index is 13.0. The van der Waals surface area contributed by atoms with Gasteiger partial charge in [-0.2, -0.15) is 0 Å². The Balaban J connectivity index is 2.72. The summed E-state index contributed by atoms with van der Waals surface area (Å²) < 4.78 is 13.0. The van der Waals surface area contributed by atoms with Crippen molar-refractivity contribution in [3.05, 3.63) is 24.0 Å². The number of para-hydroxylation sites is 1. The van der Waals surface area contributed by atoms with Crippen molar-refractivity contribution in [3.8, 4) is 0 Å². The van der Waals surface area contributed by atoms with Gasteiger partial charge in [-0.3, -0.25) is 4.79 Å². The van der Waals surface area contributed by atoms with E-state index in [1.54, 1.807) is 19.1 Å². The van der Waals surface area contributed by atoms with E-state index >= 15 is 0 Å². The van der Waals surface area contributed by atoms with Crippen molar-refractivity contribution in [2.75, 3.05) is 11.1 Å². The molecule has 0 aliphatic carbocycles. The number of primary amides is 1. The van der Waals surface area contributed by atoms with Crippen LogP contribution in [0.15, 0.2) is 18.2 Å². The predicted molar refractivity (Wildman–Crippen MR) is 57.7 cm³/mol. The van der Waals surface area contributed by atoms with Crippen LogP contribution in [0.2, 0.25) is 0 Å². The summed E-state index contributed by atoms with van der Waals surface area (Å²) in [5.74, 6) is -0.892. The van der Waals surface area contributed by atoms with Crippen LogP contribution in [0, 0.1) is 5.82 Å². The lowest BCUT2D eigenvalue weighted by atomic mass is 10.2. The second-order valence-corrected chi connectivity index (χ2v) is 3.42. The van der Waals surface area contributed by atoms with Crippen LogP contribution in [0.4, 0.5) is 15.8 Å². The molecule has 82 valence electrons. The molecule has 0 bridgehead atoms. The Morgan fingerprint density at radius 2 is 2.27 bits per heavy atom. The number of halogens is 1. The highest BCUT2D eigenvalue weighted by Crippen LogP contribution is 2.22. The van der Waals surface area contributed by atoms with E-state index in [2.05, 4.69) is 5.32 Å². The Morgan fingerprint density at radius 1 is 1.60 bits per heavy atom. The van der Waals surface area contributed by atoms with E-state index < -0.39 is 11.7 Å². The van der Waals surface area contributed by atoms with Crippen molar-refractivity contribution < 1.29 is 9.18 Å². The van der Waals surface area contributed by atoms with Gasteiger partial charge < -0.3 is 16.8 Å². The molecule has 0 fully saturated rings. The molecule has 4 nitrogen and oxygen atoms in total. The number of nitrogens with two attached hydrogens (primary N) is 2. The molecule has 1 aromatic carbocycles. The number of amides is 1. The largest absolute Gasteiger partial charge is 0.395 e. The van der Waals surface area contributed by atoms with Crippen LogP contribution in [-0.4, -0.2) is 11.9 Å². The molecule has 1 unspecified atom stereocenters. The Labute approximate surface area is 87.4 Å². The van der Waals surface area contributed by atoms with E-state index in [-0.39, 0.29) is 18.2 Å². The Hall–Kier alpha value is -1.78. The molecule has 0 saturated heterocycles. The van der Waals surface area contributed by atoms with Gasteiger partial charge in [0.1, 0.15) is 5.82 Å². The van der Waals surface area contributed by atoms with Gasteiger partial charge in [-0.05, 0) is 19.1 Å². The fraction of sp³-hybridized carbons (Fsp3) is 0.300. The lowest BCUT2D eigenvalue weighted by molar-refractivity contribution is -0.118. The zero-order valence-corrected chi connectivity index (χ0v) is 8.46. The van der Waals surface area contributed by atoms with Crippen molar-refractivity contribution in [1.82, 2.24) is 0 Å². The van der Waals surface area contributed by atoms with Gasteiger partial charge in [-0.25, -0.2) is 4.39 Å². The summed E-state index contributed by atoms with van der Waals surface area (Å²) in [5.41, 5.74) is 11.1. The number of benzene rings is 1. The van der Waals surface area contributed by atoms with E-state index in [1.165, 1.54) is 6.07 Å². The van der Waals surface area contributed by atoms with Crippen LogP contribution in [0.25, 0.3) is 0 Å². The highest BCUT2D eigenvalue weighted by molar-refractivity contribution is 5.75. The fourth-order valence-electron chi connectivity index (χ4n) is 1.28. The van der Waals surface area contributed by atoms with Gasteiger partial charge in [0.15, 0.2) is 0 Å². The molecule has 1 aromatic rings. The summed E-state index contributed by atoms with van der Waals surface area (Å²) >= 11 is 0. The SMILES string of the molecule is CC(CC(N)=O)Nc1cccc(F)c1N. The molecule has 0 aliphatic rings. The minimum Gasteiger partial charge on any atom is -0.395 e. The van der Waals surface area contributed by atoms with Gasteiger partial charge in [0.25, 0.3) is 0 Å².